The number of hydrogen-bond donors (Lipinski definition) is 1. The van der Waals surface area contributed by atoms with Crippen LogP contribution in [0.5, 0.6) is 0 Å². The Labute approximate surface area is 122 Å². The fraction of sp³-hybridized carbons (Fsp3) is 0.500. The molecule has 1 aliphatic rings. The molecule has 1 aliphatic heterocycles. The predicted octanol–water partition coefficient (Wildman–Crippen LogP) is 2.06. The van der Waals surface area contributed by atoms with Crippen molar-refractivity contribution in [2.24, 2.45) is 0 Å². The summed E-state index contributed by atoms with van der Waals surface area (Å²) >= 11 is 0. The van der Waals surface area contributed by atoms with E-state index in [1.54, 1.807) is 13.0 Å². The lowest BCUT2D eigenvalue weighted by atomic mass is 10.1. The molecule has 0 bridgehead atoms. The minimum atomic E-state index is -0.101. The van der Waals surface area contributed by atoms with Gasteiger partial charge in [-0.15, -0.1) is 0 Å². The summed E-state index contributed by atoms with van der Waals surface area (Å²) in [4.78, 5) is 14.2. The Morgan fingerprint density at radius 3 is 2.76 bits per heavy atom. The number of carbonyl (C=O) groups is 1. The molecule has 1 N–H and O–H groups in total. The maximum Gasteiger partial charge on any atom is 0.239 e. The van der Waals surface area contributed by atoms with Gasteiger partial charge in [0, 0.05) is 12.1 Å². The number of nitrogens with one attached hydrogen (secondary N) is 1. The first-order chi connectivity index (χ1) is 10.1. The van der Waals surface area contributed by atoms with E-state index in [0.29, 0.717) is 18.1 Å². The Balaban J connectivity index is 1.62. The van der Waals surface area contributed by atoms with Crippen LogP contribution in [0.4, 0.5) is 5.82 Å². The number of anilines is 1. The van der Waals surface area contributed by atoms with Crippen LogP contribution in [0.3, 0.4) is 0 Å². The third kappa shape index (κ3) is 3.13. The number of aromatic nitrogens is 2. The van der Waals surface area contributed by atoms with E-state index in [2.05, 4.69) is 20.5 Å². The van der Waals surface area contributed by atoms with Gasteiger partial charge in [0.2, 0.25) is 5.91 Å². The van der Waals surface area contributed by atoms with E-state index in [-0.39, 0.29) is 11.9 Å². The highest BCUT2D eigenvalue weighted by Gasteiger charge is 2.29. The number of rotatable bonds is 4. The van der Waals surface area contributed by atoms with E-state index in [1.165, 1.54) is 0 Å². The highest BCUT2D eigenvalue weighted by molar-refractivity contribution is 5.91. The largest absolute Gasteiger partial charge is 0.361 e. The van der Waals surface area contributed by atoms with Gasteiger partial charge in [0.05, 0.1) is 12.6 Å². The summed E-state index contributed by atoms with van der Waals surface area (Å²) in [6.07, 6.45) is 2.04. The lowest BCUT2D eigenvalue weighted by Crippen LogP contribution is -2.33. The Kier molecular flexibility index (Phi) is 3.74. The van der Waals surface area contributed by atoms with Crippen LogP contribution in [-0.2, 0) is 4.79 Å². The predicted molar refractivity (Wildman–Crippen MR) is 74.7 cm³/mol. The average molecular weight is 290 g/mol. The monoisotopic (exact) mass is 290 g/mol. The number of likely N-dealkylation sites (tertiary alicyclic amines) is 1. The first-order valence-electron chi connectivity index (χ1n) is 7.02. The van der Waals surface area contributed by atoms with E-state index in [1.807, 2.05) is 13.0 Å². The van der Waals surface area contributed by atoms with Crippen molar-refractivity contribution in [1.29, 1.82) is 0 Å². The van der Waals surface area contributed by atoms with Gasteiger partial charge in [0.25, 0.3) is 0 Å². The third-order valence-corrected chi connectivity index (χ3v) is 3.59. The van der Waals surface area contributed by atoms with Crippen molar-refractivity contribution in [3.63, 3.8) is 0 Å². The van der Waals surface area contributed by atoms with E-state index in [9.17, 15) is 4.79 Å². The Hall–Kier alpha value is -2.15. The molecule has 0 aliphatic carbocycles. The zero-order chi connectivity index (χ0) is 14.8. The SMILES string of the molecule is Cc1cc(NC(=O)CN2CCCC2c2cc(C)on2)no1. The van der Waals surface area contributed by atoms with Gasteiger partial charge in [-0.3, -0.25) is 9.69 Å². The van der Waals surface area contributed by atoms with Gasteiger partial charge in [-0.2, -0.15) is 0 Å². The fourth-order valence-electron chi connectivity index (χ4n) is 2.69. The molecule has 1 unspecified atom stereocenters. The molecule has 0 aromatic carbocycles. The van der Waals surface area contributed by atoms with Gasteiger partial charge in [0.1, 0.15) is 17.2 Å². The highest BCUT2D eigenvalue weighted by atomic mass is 16.5. The molecule has 112 valence electrons. The maximum atomic E-state index is 12.1. The van der Waals surface area contributed by atoms with Crippen LogP contribution in [0.1, 0.15) is 36.1 Å². The maximum absolute atomic E-state index is 12.1. The average Bonchev–Trinajstić information content (AvgIpc) is 3.12. The standard InChI is InChI=1S/C14H18N4O3/c1-9-6-11(16-20-9)12-4-3-5-18(12)8-14(19)15-13-7-10(2)21-17-13/h6-7,12H,3-5,8H2,1-2H3,(H,15,17,19). The van der Waals surface area contributed by atoms with Crippen LogP contribution < -0.4 is 5.32 Å². The summed E-state index contributed by atoms with van der Waals surface area (Å²) in [6, 6.07) is 3.77. The third-order valence-electron chi connectivity index (χ3n) is 3.59. The molecule has 1 atom stereocenters. The zero-order valence-electron chi connectivity index (χ0n) is 12.1. The number of nitrogens with zero attached hydrogens (tertiary/aromatic N) is 3. The normalized spacial score (nSPS) is 19.0. The van der Waals surface area contributed by atoms with Crippen LogP contribution in [0.25, 0.3) is 0 Å². The van der Waals surface area contributed by atoms with Crippen molar-refractivity contribution >= 4 is 11.7 Å². The van der Waals surface area contributed by atoms with Gasteiger partial charge < -0.3 is 14.4 Å². The second-order valence-electron chi connectivity index (χ2n) is 5.36. The molecule has 1 amide bonds. The number of amides is 1. The minimum absolute atomic E-state index is 0.101. The van der Waals surface area contributed by atoms with Crippen molar-refractivity contribution in [3.8, 4) is 0 Å². The lowest BCUT2D eigenvalue weighted by molar-refractivity contribution is -0.117. The van der Waals surface area contributed by atoms with Crippen LogP contribution in [0.2, 0.25) is 0 Å². The summed E-state index contributed by atoms with van der Waals surface area (Å²) in [5.74, 6) is 1.81. The van der Waals surface area contributed by atoms with Crippen molar-refractivity contribution in [2.75, 3.05) is 18.4 Å². The summed E-state index contributed by atoms with van der Waals surface area (Å²) in [7, 11) is 0. The second kappa shape index (κ2) is 5.69. The molecule has 3 heterocycles. The van der Waals surface area contributed by atoms with Crippen molar-refractivity contribution < 1.29 is 13.8 Å². The van der Waals surface area contributed by atoms with Crippen LogP contribution in [0.15, 0.2) is 21.2 Å². The number of aryl methyl sites for hydroxylation is 2. The van der Waals surface area contributed by atoms with Gasteiger partial charge in [0.15, 0.2) is 5.82 Å². The van der Waals surface area contributed by atoms with Crippen LogP contribution >= 0.6 is 0 Å². The summed E-state index contributed by atoms with van der Waals surface area (Å²) in [6.45, 7) is 4.84. The van der Waals surface area contributed by atoms with Gasteiger partial charge in [-0.1, -0.05) is 10.3 Å². The Morgan fingerprint density at radius 2 is 2.10 bits per heavy atom. The van der Waals surface area contributed by atoms with E-state index >= 15 is 0 Å². The van der Waals surface area contributed by atoms with E-state index < -0.39 is 0 Å². The van der Waals surface area contributed by atoms with Crippen molar-refractivity contribution in [1.82, 2.24) is 15.2 Å². The number of carbonyl (C=O) groups excluding carboxylic acids is 1. The molecule has 21 heavy (non-hydrogen) atoms. The second-order valence-corrected chi connectivity index (χ2v) is 5.36. The molecule has 2 aromatic heterocycles. The fourth-order valence-corrected chi connectivity index (χ4v) is 2.69. The minimum Gasteiger partial charge on any atom is -0.361 e. The summed E-state index contributed by atoms with van der Waals surface area (Å²) in [5, 5.41) is 10.6. The first kappa shape index (κ1) is 13.8. The van der Waals surface area contributed by atoms with Gasteiger partial charge in [-0.25, -0.2) is 0 Å². The van der Waals surface area contributed by atoms with Crippen LogP contribution in [-0.4, -0.2) is 34.2 Å². The quantitative estimate of drug-likeness (QED) is 0.927. The molecule has 1 fully saturated rings. The molecule has 1 saturated heterocycles. The topological polar surface area (TPSA) is 84.4 Å². The van der Waals surface area contributed by atoms with Gasteiger partial charge >= 0.3 is 0 Å². The van der Waals surface area contributed by atoms with E-state index in [4.69, 9.17) is 9.05 Å². The molecule has 2 aromatic rings. The summed E-state index contributed by atoms with van der Waals surface area (Å²) < 4.78 is 10.1. The molecular formula is C14H18N4O3. The van der Waals surface area contributed by atoms with Gasteiger partial charge in [-0.05, 0) is 33.2 Å². The Bertz CT molecular complexity index is 634. The lowest BCUT2D eigenvalue weighted by Gasteiger charge is -2.21. The van der Waals surface area contributed by atoms with Crippen molar-refractivity contribution in [3.05, 3.63) is 29.3 Å². The molecule has 0 saturated carbocycles. The Morgan fingerprint density at radius 1 is 1.33 bits per heavy atom. The van der Waals surface area contributed by atoms with E-state index in [0.717, 1.165) is 30.8 Å². The smallest absolute Gasteiger partial charge is 0.239 e. The van der Waals surface area contributed by atoms with Crippen molar-refractivity contribution in [2.45, 2.75) is 32.7 Å². The number of hydrogen-bond acceptors (Lipinski definition) is 6. The highest BCUT2D eigenvalue weighted by Crippen LogP contribution is 2.31. The van der Waals surface area contributed by atoms with Crippen LogP contribution in [0, 0.1) is 13.8 Å². The molecular weight excluding hydrogens is 272 g/mol. The summed E-state index contributed by atoms with van der Waals surface area (Å²) in [5.41, 5.74) is 0.898. The molecule has 0 spiro atoms. The molecule has 7 nitrogen and oxygen atoms in total. The molecule has 3 rings (SSSR count). The first-order valence-corrected chi connectivity index (χ1v) is 7.02. The molecule has 0 radical (unpaired) electrons. The zero-order valence-corrected chi connectivity index (χ0v) is 12.1. The molecule has 7 heteroatoms.